The van der Waals surface area contributed by atoms with Gasteiger partial charge < -0.3 is 16.5 Å². The van der Waals surface area contributed by atoms with Gasteiger partial charge in [-0.1, -0.05) is 33.2 Å². The third kappa shape index (κ3) is 14.3. The maximum Gasteiger partial charge on any atom is 0.485 e. The van der Waals surface area contributed by atoms with Crippen LogP contribution in [0.5, 0.6) is 0 Å². The van der Waals surface area contributed by atoms with E-state index in [1.807, 2.05) is 0 Å². The normalized spacial score (nSPS) is 15.6. The van der Waals surface area contributed by atoms with Crippen LogP contribution in [0.2, 0.25) is 58.4 Å². The van der Waals surface area contributed by atoms with Crippen LogP contribution < -0.4 is 0 Å². The lowest BCUT2D eigenvalue weighted by molar-refractivity contribution is -0.112. The molecule has 0 bridgehead atoms. The molecule has 0 aromatic carbocycles. The van der Waals surface area contributed by atoms with Crippen molar-refractivity contribution < 1.29 is 29.6 Å². The topological polar surface area (TPSA) is 36.9 Å². The van der Waals surface area contributed by atoms with Crippen LogP contribution in [0.1, 0.15) is 0 Å². The van der Waals surface area contributed by atoms with Crippen molar-refractivity contribution in [3.8, 4) is 0 Å². The Morgan fingerprint density at radius 2 is 0.960 bits per heavy atom. The third-order valence-electron chi connectivity index (χ3n) is 2.49. The van der Waals surface area contributed by atoms with Gasteiger partial charge in [0.15, 0.2) is 8.32 Å². The van der Waals surface area contributed by atoms with Gasteiger partial charge in [0.05, 0.1) is 6.04 Å². The average Bonchev–Trinajstić information content (AvgIpc) is 1.97. The Labute approximate surface area is 167 Å². The van der Waals surface area contributed by atoms with Crippen molar-refractivity contribution in [2.24, 2.45) is 0 Å². The first-order chi connectivity index (χ1) is 10.5. The summed E-state index contributed by atoms with van der Waals surface area (Å²) in [7, 11) is -11.4. The zero-order valence-electron chi connectivity index (χ0n) is 15.6. The van der Waals surface area contributed by atoms with Crippen molar-refractivity contribution in [3.05, 3.63) is 0 Å². The molecule has 4 nitrogen and oxygen atoms in total. The Hall–Kier alpha value is 1.58. The molecule has 0 spiro atoms. The van der Waals surface area contributed by atoms with Crippen LogP contribution in [-0.2, 0) is 16.5 Å². The van der Waals surface area contributed by atoms with Crippen molar-refractivity contribution in [2.45, 2.75) is 64.6 Å². The minimum atomic E-state index is -4.26. The van der Waals surface area contributed by atoms with Crippen molar-refractivity contribution in [3.63, 3.8) is 0 Å². The SMILES string of the molecule is C[Si](C)(CC(F)(F)F)O[Si](C)(C)O[Si](C)(C)O[Si](C)(C)O[Si](Cl)(Cl)Cl. The summed E-state index contributed by atoms with van der Waals surface area (Å²) in [5.41, 5.74) is 0. The van der Waals surface area contributed by atoms with E-state index in [9.17, 15) is 13.2 Å². The third-order valence-corrected chi connectivity index (χ3v) is 20.8. The van der Waals surface area contributed by atoms with Gasteiger partial charge in [0.25, 0.3) is 0 Å². The van der Waals surface area contributed by atoms with Gasteiger partial charge in [0.2, 0.25) is 0 Å². The summed E-state index contributed by atoms with van der Waals surface area (Å²) in [6.45, 7) is 13.5. The molecule has 0 N–H and O–H groups in total. The number of rotatable bonds is 9. The molecule has 25 heavy (non-hydrogen) atoms. The predicted octanol–water partition coefficient (Wildman–Crippen LogP) is 6.08. The van der Waals surface area contributed by atoms with E-state index in [1.165, 1.54) is 13.1 Å². The molecule has 0 atom stereocenters. The zero-order chi connectivity index (χ0) is 20.5. The van der Waals surface area contributed by atoms with E-state index < -0.39 is 52.5 Å². The minimum absolute atomic E-state index is 0.926. The molecular formula is C10H26Cl3F3O4Si5. The van der Waals surface area contributed by atoms with E-state index in [4.69, 9.17) is 49.7 Å². The molecule has 0 aromatic heterocycles. The number of alkyl halides is 3. The fraction of sp³-hybridized carbons (Fsp3) is 1.00. The van der Waals surface area contributed by atoms with Crippen LogP contribution in [0.3, 0.4) is 0 Å². The Morgan fingerprint density at radius 3 is 1.28 bits per heavy atom. The monoisotopic (exact) mass is 512 g/mol. The second-order valence-electron chi connectivity index (χ2n) is 7.61. The number of halogens is 6. The highest BCUT2D eigenvalue weighted by Crippen LogP contribution is 2.33. The molecule has 0 aliphatic rings. The van der Waals surface area contributed by atoms with E-state index in [-0.39, 0.29) is 0 Å². The molecule has 0 aliphatic heterocycles. The van der Waals surface area contributed by atoms with Crippen LogP contribution in [0, 0.1) is 0 Å². The smallest absolute Gasteiger partial charge is 0.436 e. The minimum Gasteiger partial charge on any atom is -0.436 e. The van der Waals surface area contributed by atoms with Crippen LogP contribution in [0.25, 0.3) is 0 Å². The van der Waals surface area contributed by atoms with E-state index in [0.29, 0.717) is 0 Å². The lowest BCUT2D eigenvalue weighted by Crippen LogP contribution is -2.58. The van der Waals surface area contributed by atoms with Crippen LogP contribution in [-0.4, -0.2) is 46.4 Å². The fourth-order valence-corrected chi connectivity index (χ4v) is 27.6. The molecule has 0 fully saturated rings. The Morgan fingerprint density at radius 1 is 0.640 bits per heavy atom. The van der Waals surface area contributed by atoms with Gasteiger partial charge in [0, 0.05) is 0 Å². The van der Waals surface area contributed by atoms with E-state index in [0.717, 1.165) is 0 Å². The van der Waals surface area contributed by atoms with Crippen molar-refractivity contribution >= 4 is 73.5 Å². The van der Waals surface area contributed by atoms with Gasteiger partial charge in [-0.15, -0.1) is 0 Å². The standard InChI is InChI=1S/C10H26Cl3F3O4Si5/c1-21(2,9-10(14,15)16)17-22(3,4)18-23(5,6)19-24(7,8)20-25(11,12)13/h9H2,1-8H3. The van der Waals surface area contributed by atoms with Crippen LogP contribution in [0.4, 0.5) is 13.2 Å². The fourth-order valence-electron chi connectivity index (χ4n) is 2.71. The highest BCUT2D eigenvalue weighted by molar-refractivity contribution is 7.62. The maximum absolute atomic E-state index is 12.7. The Balaban J connectivity index is 5.01. The summed E-state index contributed by atoms with van der Waals surface area (Å²) < 4.78 is 61.6. The summed E-state index contributed by atoms with van der Waals surface area (Å²) >= 11 is 17.4. The Bertz CT molecular complexity index is 418. The Kier molecular flexibility index (Phi) is 9.07. The molecule has 0 aromatic rings. The summed E-state index contributed by atoms with van der Waals surface area (Å²) in [4.78, 5) is 0. The van der Waals surface area contributed by atoms with Gasteiger partial charge in [0.1, 0.15) is 0 Å². The zero-order valence-corrected chi connectivity index (χ0v) is 22.9. The molecule has 0 amide bonds. The van der Waals surface area contributed by atoms with Gasteiger partial charge in [-0.2, -0.15) is 13.2 Å². The van der Waals surface area contributed by atoms with Gasteiger partial charge in [-0.05, 0) is 52.4 Å². The summed E-state index contributed by atoms with van der Waals surface area (Å²) in [6, 6.07) is -0.926. The maximum atomic E-state index is 12.7. The molecule has 0 heterocycles. The second-order valence-corrected chi connectivity index (χ2v) is 30.6. The van der Waals surface area contributed by atoms with Gasteiger partial charge >= 0.3 is 38.1 Å². The predicted molar refractivity (Wildman–Crippen MR) is 108 cm³/mol. The van der Waals surface area contributed by atoms with Crippen molar-refractivity contribution in [2.75, 3.05) is 0 Å². The molecule has 15 heteroatoms. The number of hydrogen-bond donors (Lipinski definition) is 0. The average molecular weight is 514 g/mol. The molecule has 0 saturated heterocycles. The molecule has 152 valence electrons. The lowest BCUT2D eigenvalue weighted by Gasteiger charge is -2.41. The second kappa shape index (κ2) is 8.53. The molecular weight excluding hydrogens is 488 g/mol. The van der Waals surface area contributed by atoms with Crippen LogP contribution in [0.15, 0.2) is 0 Å². The summed E-state index contributed by atoms with van der Waals surface area (Å²) in [6.07, 6.45) is -7.60. The summed E-state index contributed by atoms with van der Waals surface area (Å²) in [5.74, 6) is 0. The van der Waals surface area contributed by atoms with Crippen LogP contribution >= 0.6 is 33.2 Å². The highest BCUT2D eigenvalue weighted by atomic mass is 35.8. The first kappa shape index (κ1) is 26.6. The van der Waals surface area contributed by atoms with E-state index >= 15 is 0 Å². The molecule has 0 rings (SSSR count). The van der Waals surface area contributed by atoms with Gasteiger partial charge in [-0.25, -0.2) is 0 Å². The molecule has 0 radical (unpaired) electrons. The van der Waals surface area contributed by atoms with Crippen molar-refractivity contribution in [1.82, 2.24) is 0 Å². The van der Waals surface area contributed by atoms with Crippen molar-refractivity contribution in [1.29, 1.82) is 0 Å². The van der Waals surface area contributed by atoms with E-state index in [2.05, 4.69) is 0 Å². The molecule has 0 aliphatic carbocycles. The number of hydrogen-bond acceptors (Lipinski definition) is 4. The largest absolute Gasteiger partial charge is 0.485 e. The van der Waals surface area contributed by atoms with E-state index in [1.54, 1.807) is 39.3 Å². The van der Waals surface area contributed by atoms with Gasteiger partial charge in [-0.3, -0.25) is 0 Å². The lowest BCUT2D eigenvalue weighted by atomic mass is 10.8. The quantitative estimate of drug-likeness (QED) is 0.276. The highest BCUT2D eigenvalue weighted by Gasteiger charge is 2.48. The first-order valence-electron chi connectivity index (χ1n) is 7.47. The first-order valence-corrected chi connectivity index (χ1v) is 24.0. The molecule has 0 saturated carbocycles. The summed E-state index contributed by atoms with van der Waals surface area (Å²) in [5, 5.41) is 0. The molecule has 0 unspecified atom stereocenters.